The summed E-state index contributed by atoms with van der Waals surface area (Å²) in [6.45, 7) is 0.852. The summed E-state index contributed by atoms with van der Waals surface area (Å²) < 4.78 is 0. The van der Waals surface area contributed by atoms with E-state index in [2.05, 4.69) is 4.98 Å². The molecule has 0 spiro atoms. The second-order valence-electron chi connectivity index (χ2n) is 6.82. The van der Waals surface area contributed by atoms with Crippen LogP contribution in [0.25, 0.3) is 10.9 Å². The smallest absolute Gasteiger partial charge is 0.314 e. The number of aromatic amines is 1. The third-order valence-electron chi connectivity index (χ3n) is 5.40. The number of aliphatic carboxylic acids is 1. The average Bonchev–Trinajstić information content (AvgIpc) is 3.12. The second kappa shape index (κ2) is 6.33. The molecule has 26 heavy (non-hydrogen) atoms. The van der Waals surface area contributed by atoms with E-state index in [0.717, 1.165) is 16.5 Å². The summed E-state index contributed by atoms with van der Waals surface area (Å²) in [5, 5.41) is 10.9. The van der Waals surface area contributed by atoms with Crippen LogP contribution in [0.3, 0.4) is 0 Å². The van der Waals surface area contributed by atoms with Crippen molar-refractivity contribution in [2.45, 2.75) is 18.3 Å². The van der Waals surface area contributed by atoms with Crippen molar-refractivity contribution in [2.24, 2.45) is 0 Å². The molecule has 0 aliphatic carbocycles. The predicted molar refractivity (Wildman–Crippen MR) is 99.2 cm³/mol. The van der Waals surface area contributed by atoms with Crippen LogP contribution in [0.1, 0.15) is 28.9 Å². The van der Waals surface area contributed by atoms with Crippen molar-refractivity contribution in [1.82, 2.24) is 9.88 Å². The Morgan fingerprint density at radius 1 is 0.962 bits per heavy atom. The van der Waals surface area contributed by atoms with Gasteiger partial charge in [0.05, 0.1) is 5.41 Å². The minimum absolute atomic E-state index is 0.0757. The molecule has 5 heteroatoms. The molecule has 2 N–H and O–H groups in total. The molecule has 0 unspecified atom stereocenters. The normalized spacial score (nSPS) is 16.5. The number of benzene rings is 2. The molecule has 1 fully saturated rings. The third-order valence-corrected chi connectivity index (χ3v) is 5.40. The number of amides is 1. The lowest BCUT2D eigenvalue weighted by Crippen LogP contribution is -2.49. The molecular weight excluding hydrogens is 328 g/mol. The monoisotopic (exact) mass is 348 g/mol. The number of carboxylic acid groups (broad SMARTS) is 1. The van der Waals surface area contributed by atoms with E-state index in [-0.39, 0.29) is 5.91 Å². The van der Waals surface area contributed by atoms with Crippen LogP contribution in [0, 0.1) is 0 Å². The van der Waals surface area contributed by atoms with Crippen molar-refractivity contribution >= 4 is 22.8 Å². The third kappa shape index (κ3) is 2.65. The van der Waals surface area contributed by atoms with Gasteiger partial charge in [-0.25, -0.2) is 0 Å². The Labute approximate surface area is 151 Å². The summed E-state index contributed by atoms with van der Waals surface area (Å²) in [7, 11) is 0. The Kier molecular flexibility index (Phi) is 3.99. The topological polar surface area (TPSA) is 73.4 Å². The van der Waals surface area contributed by atoms with Crippen LogP contribution < -0.4 is 0 Å². The van der Waals surface area contributed by atoms with E-state index in [4.69, 9.17) is 0 Å². The predicted octanol–water partition coefficient (Wildman–Crippen LogP) is 3.43. The van der Waals surface area contributed by atoms with Gasteiger partial charge in [-0.15, -0.1) is 0 Å². The number of fused-ring (bicyclic) bond motifs is 1. The van der Waals surface area contributed by atoms with Crippen LogP contribution in [-0.2, 0) is 10.2 Å². The highest BCUT2D eigenvalue weighted by molar-refractivity contribution is 5.98. The highest BCUT2D eigenvalue weighted by Crippen LogP contribution is 2.36. The molecular formula is C21H20N2O3. The molecule has 0 saturated carbocycles. The van der Waals surface area contributed by atoms with Crippen molar-refractivity contribution in [3.8, 4) is 0 Å². The molecule has 0 radical (unpaired) electrons. The fraction of sp³-hybridized carbons (Fsp3) is 0.238. The van der Waals surface area contributed by atoms with Crippen LogP contribution in [0.15, 0.2) is 60.7 Å². The fourth-order valence-electron chi connectivity index (χ4n) is 3.83. The summed E-state index contributed by atoms with van der Waals surface area (Å²) in [6.07, 6.45) is 0.830. The van der Waals surface area contributed by atoms with Gasteiger partial charge in [-0.3, -0.25) is 9.59 Å². The number of carbonyl (C=O) groups is 2. The zero-order valence-corrected chi connectivity index (χ0v) is 14.3. The lowest BCUT2D eigenvalue weighted by molar-refractivity contribution is -0.145. The number of rotatable bonds is 3. The number of H-pyrrole nitrogens is 1. The molecule has 1 aliphatic heterocycles. The number of nitrogens with zero attached hydrogens (tertiary/aromatic N) is 1. The van der Waals surface area contributed by atoms with E-state index < -0.39 is 11.4 Å². The maximum absolute atomic E-state index is 12.8. The minimum atomic E-state index is -0.918. The summed E-state index contributed by atoms with van der Waals surface area (Å²) in [5.74, 6) is -0.894. The Hall–Kier alpha value is -3.08. The molecule has 0 atom stereocenters. The van der Waals surface area contributed by atoms with Gasteiger partial charge in [0.2, 0.25) is 0 Å². The zero-order chi connectivity index (χ0) is 18.1. The van der Waals surface area contributed by atoms with E-state index >= 15 is 0 Å². The van der Waals surface area contributed by atoms with E-state index in [0.29, 0.717) is 31.6 Å². The van der Waals surface area contributed by atoms with Gasteiger partial charge in [0.1, 0.15) is 5.69 Å². The minimum Gasteiger partial charge on any atom is -0.481 e. The van der Waals surface area contributed by atoms with Gasteiger partial charge in [-0.1, -0.05) is 48.5 Å². The van der Waals surface area contributed by atoms with Gasteiger partial charge in [0, 0.05) is 24.0 Å². The number of piperidine rings is 1. The summed E-state index contributed by atoms with van der Waals surface area (Å²) in [4.78, 5) is 29.8. The first-order chi connectivity index (χ1) is 12.6. The van der Waals surface area contributed by atoms with E-state index in [1.807, 2.05) is 60.7 Å². The maximum atomic E-state index is 12.8. The SMILES string of the molecule is O=C(c1cc2ccccc2[nH]1)N1CCC(C(=O)O)(c2ccccc2)CC1. The number of carbonyl (C=O) groups excluding carboxylic acids is 1. The van der Waals surface area contributed by atoms with E-state index in [9.17, 15) is 14.7 Å². The molecule has 1 amide bonds. The largest absolute Gasteiger partial charge is 0.481 e. The first-order valence-electron chi connectivity index (χ1n) is 8.76. The molecule has 1 saturated heterocycles. The number of carboxylic acids is 1. The van der Waals surface area contributed by atoms with Crippen LogP contribution in [0.5, 0.6) is 0 Å². The Morgan fingerprint density at radius 3 is 2.27 bits per heavy atom. The van der Waals surface area contributed by atoms with Gasteiger partial charge >= 0.3 is 5.97 Å². The standard InChI is InChI=1S/C21H20N2O3/c24-19(18-14-15-6-4-5-9-17(15)22-18)23-12-10-21(11-13-23,20(25)26)16-7-2-1-3-8-16/h1-9,14,22H,10-13H2,(H,25,26). The summed E-state index contributed by atoms with van der Waals surface area (Å²) in [5.41, 5.74) is 1.37. The van der Waals surface area contributed by atoms with Gasteiger partial charge in [-0.2, -0.15) is 0 Å². The molecule has 1 aliphatic rings. The Morgan fingerprint density at radius 2 is 1.62 bits per heavy atom. The van der Waals surface area contributed by atoms with E-state index in [1.54, 1.807) is 4.90 Å². The van der Waals surface area contributed by atoms with Crippen molar-refractivity contribution in [2.75, 3.05) is 13.1 Å². The molecule has 3 aromatic rings. The number of para-hydroxylation sites is 1. The van der Waals surface area contributed by atoms with Crippen LogP contribution in [0.2, 0.25) is 0 Å². The number of nitrogens with one attached hydrogen (secondary N) is 1. The molecule has 1 aromatic heterocycles. The van der Waals surface area contributed by atoms with Crippen molar-refractivity contribution in [1.29, 1.82) is 0 Å². The molecule has 5 nitrogen and oxygen atoms in total. The number of hydrogen-bond donors (Lipinski definition) is 2. The number of aromatic nitrogens is 1. The van der Waals surface area contributed by atoms with Gasteiger partial charge < -0.3 is 15.0 Å². The molecule has 0 bridgehead atoms. The quantitative estimate of drug-likeness (QED) is 0.762. The molecule has 132 valence electrons. The van der Waals surface area contributed by atoms with Crippen molar-refractivity contribution in [3.63, 3.8) is 0 Å². The first kappa shape index (κ1) is 16.4. The number of hydrogen-bond acceptors (Lipinski definition) is 2. The lowest BCUT2D eigenvalue weighted by Gasteiger charge is -2.39. The van der Waals surface area contributed by atoms with Gasteiger partial charge in [-0.05, 0) is 30.5 Å². The highest BCUT2D eigenvalue weighted by Gasteiger charge is 2.44. The molecule has 2 aromatic carbocycles. The van der Waals surface area contributed by atoms with Crippen molar-refractivity contribution in [3.05, 3.63) is 71.9 Å². The Bertz CT molecular complexity index is 921. The van der Waals surface area contributed by atoms with Gasteiger partial charge in [0.25, 0.3) is 5.91 Å². The van der Waals surface area contributed by atoms with Crippen LogP contribution >= 0.6 is 0 Å². The lowest BCUT2D eigenvalue weighted by atomic mass is 9.73. The Balaban J connectivity index is 1.55. The maximum Gasteiger partial charge on any atom is 0.314 e. The number of likely N-dealkylation sites (tertiary alicyclic amines) is 1. The molecule has 2 heterocycles. The second-order valence-corrected chi connectivity index (χ2v) is 6.82. The summed E-state index contributed by atoms with van der Waals surface area (Å²) in [6, 6.07) is 19.0. The van der Waals surface area contributed by atoms with Crippen molar-refractivity contribution < 1.29 is 14.7 Å². The summed E-state index contributed by atoms with van der Waals surface area (Å²) >= 11 is 0. The molecule has 4 rings (SSSR count). The fourth-order valence-corrected chi connectivity index (χ4v) is 3.83. The highest BCUT2D eigenvalue weighted by atomic mass is 16.4. The first-order valence-corrected chi connectivity index (χ1v) is 8.76. The van der Waals surface area contributed by atoms with Crippen LogP contribution in [-0.4, -0.2) is 40.0 Å². The average molecular weight is 348 g/mol. The zero-order valence-electron chi connectivity index (χ0n) is 14.3. The van der Waals surface area contributed by atoms with Gasteiger partial charge in [0.15, 0.2) is 0 Å². The van der Waals surface area contributed by atoms with Crippen LogP contribution in [0.4, 0.5) is 0 Å². The van der Waals surface area contributed by atoms with E-state index in [1.165, 1.54) is 0 Å².